The van der Waals surface area contributed by atoms with Gasteiger partial charge < -0.3 is 9.84 Å². The standard InChI is InChI=1S/C8H18ClNO4S/c1-7(3-9)6-15(12,13)10-8(4-11)5-14-2/h7-8,10-11H,3-6H2,1-2H3. The van der Waals surface area contributed by atoms with E-state index in [4.69, 9.17) is 21.4 Å². The lowest BCUT2D eigenvalue weighted by Crippen LogP contribution is -2.42. The van der Waals surface area contributed by atoms with Gasteiger partial charge in [-0.05, 0) is 5.92 Å². The zero-order chi connectivity index (χ0) is 11.9. The van der Waals surface area contributed by atoms with Crippen LogP contribution in [0.25, 0.3) is 0 Å². The lowest BCUT2D eigenvalue weighted by molar-refractivity contribution is 0.139. The molecule has 0 spiro atoms. The number of halogens is 1. The Hall–Kier alpha value is 0.120. The fourth-order valence-corrected chi connectivity index (χ4v) is 2.90. The molecule has 92 valence electrons. The van der Waals surface area contributed by atoms with E-state index in [0.717, 1.165) is 0 Å². The Morgan fingerprint density at radius 3 is 2.53 bits per heavy atom. The third-order valence-electron chi connectivity index (χ3n) is 1.70. The highest BCUT2D eigenvalue weighted by molar-refractivity contribution is 7.89. The molecule has 0 aromatic carbocycles. The summed E-state index contributed by atoms with van der Waals surface area (Å²) in [7, 11) is -1.96. The molecule has 2 unspecified atom stereocenters. The Morgan fingerprint density at radius 2 is 2.13 bits per heavy atom. The van der Waals surface area contributed by atoms with Crippen molar-refractivity contribution in [3.63, 3.8) is 0 Å². The first-order chi connectivity index (χ1) is 6.95. The van der Waals surface area contributed by atoms with Crippen LogP contribution in [0.15, 0.2) is 0 Å². The zero-order valence-corrected chi connectivity index (χ0v) is 10.5. The molecular formula is C8H18ClNO4S. The first kappa shape index (κ1) is 15.1. The number of aliphatic hydroxyl groups excluding tert-OH is 1. The maximum Gasteiger partial charge on any atom is 0.212 e. The van der Waals surface area contributed by atoms with E-state index < -0.39 is 16.1 Å². The van der Waals surface area contributed by atoms with Gasteiger partial charge in [-0.3, -0.25) is 0 Å². The number of hydrogen-bond acceptors (Lipinski definition) is 4. The van der Waals surface area contributed by atoms with Crippen molar-refractivity contribution in [2.24, 2.45) is 5.92 Å². The number of aliphatic hydroxyl groups is 1. The highest BCUT2D eigenvalue weighted by Gasteiger charge is 2.19. The van der Waals surface area contributed by atoms with E-state index in [0.29, 0.717) is 0 Å². The second-order valence-corrected chi connectivity index (χ2v) is 5.60. The number of alkyl halides is 1. The van der Waals surface area contributed by atoms with Crippen LogP contribution in [-0.2, 0) is 14.8 Å². The molecule has 0 bridgehead atoms. The summed E-state index contributed by atoms with van der Waals surface area (Å²) in [6.45, 7) is 1.60. The number of ether oxygens (including phenoxy) is 1. The Morgan fingerprint density at radius 1 is 1.53 bits per heavy atom. The predicted octanol–water partition coefficient (Wildman–Crippen LogP) is -0.212. The van der Waals surface area contributed by atoms with E-state index in [-0.39, 0.29) is 30.8 Å². The van der Waals surface area contributed by atoms with Gasteiger partial charge in [-0.2, -0.15) is 0 Å². The van der Waals surface area contributed by atoms with Crippen LogP contribution in [-0.4, -0.2) is 51.5 Å². The summed E-state index contributed by atoms with van der Waals surface area (Å²) in [5.41, 5.74) is 0. The second-order valence-electron chi connectivity index (χ2n) is 3.49. The molecule has 2 N–H and O–H groups in total. The van der Waals surface area contributed by atoms with Gasteiger partial charge in [-0.25, -0.2) is 13.1 Å². The van der Waals surface area contributed by atoms with Crippen LogP contribution >= 0.6 is 11.6 Å². The predicted molar refractivity (Wildman–Crippen MR) is 59.6 cm³/mol. The number of nitrogens with one attached hydrogen (secondary N) is 1. The molecule has 0 aliphatic heterocycles. The lowest BCUT2D eigenvalue weighted by atomic mass is 10.3. The van der Waals surface area contributed by atoms with Crippen LogP contribution in [0.1, 0.15) is 6.92 Å². The first-order valence-electron chi connectivity index (χ1n) is 4.61. The molecule has 0 aliphatic rings. The number of rotatable bonds is 8. The van der Waals surface area contributed by atoms with E-state index in [1.807, 2.05) is 0 Å². The highest BCUT2D eigenvalue weighted by atomic mass is 35.5. The van der Waals surface area contributed by atoms with Crippen LogP contribution in [0, 0.1) is 5.92 Å². The number of sulfonamides is 1. The summed E-state index contributed by atoms with van der Waals surface area (Å²) in [6.07, 6.45) is 0. The van der Waals surface area contributed by atoms with Crippen molar-refractivity contribution in [1.29, 1.82) is 0 Å². The quantitative estimate of drug-likeness (QED) is 0.592. The average Bonchev–Trinajstić information content (AvgIpc) is 2.15. The molecule has 0 rings (SSSR count). The van der Waals surface area contributed by atoms with Gasteiger partial charge in [0, 0.05) is 13.0 Å². The van der Waals surface area contributed by atoms with Crippen molar-refractivity contribution < 1.29 is 18.3 Å². The largest absolute Gasteiger partial charge is 0.395 e. The molecule has 0 aliphatic carbocycles. The lowest BCUT2D eigenvalue weighted by Gasteiger charge is -2.16. The molecule has 0 aromatic heterocycles. The van der Waals surface area contributed by atoms with Crippen LogP contribution < -0.4 is 4.72 Å². The molecule has 0 amide bonds. The third-order valence-corrected chi connectivity index (χ3v) is 3.93. The summed E-state index contributed by atoms with van der Waals surface area (Å²) in [6, 6.07) is -0.595. The van der Waals surface area contributed by atoms with Gasteiger partial charge in [0.1, 0.15) is 0 Å². The molecule has 0 aromatic rings. The van der Waals surface area contributed by atoms with E-state index in [1.54, 1.807) is 6.92 Å². The van der Waals surface area contributed by atoms with Gasteiger partial charge in [-0.1, -0.05) is 6.92 Å². The number of methoxy groups -OCH3 is 1. The van der Waals surface area contributed by atoms with Gasteiger partial charge in [0.05, 0.1) is 25.0 Å². The minimum atomic E-state index is -3.40. The maximum absolute atomic E-state index is 11.5. The van der Waals surface area contributed by atoms with Gasteiger partial charge in [0.25, 0.3) is 0 Å². The summed E-state index contributed by atoms with van der Waals surface area (Å²) < 4.78 is 30.1. The van der Waals surface area contributed by atoms with Gasteiger partial charge in [0.2, 0.25) is 10.0 Å². The van der Waals surface area contributed by atoms with Gasteiger partial charge in [0.15, 0.2) is 0 Å². The molecule has 0 radical (unpaired) electrons. The maximum atomic E-state index is 11.5. The SMILES string of the molecule is COCC(CO)NS(=O)(=O)CC(C)CCl. The van der Waals surface area contributed by atoms with Crippen molar-refractivity contribution in [1.82, 2.24) is 4.72 Å². The minimum absolute atomic E-state index is 0.0449. The van der Waals surface area contributed by atoms with E-state index in [1.165, 1.54) is 7.11 Å². The molecule has 0 fully saturated rings. The molecule has 0 saturated carbocycles. The monoisotopic (exact) mass is 259 g/mol. The van der Waals surface area contributed by atoms with Crippen LogP contribution in [0.2, 0.25) is 0 Å². The van der Waals surface area contributed by atoms with E-state index in [2.05, 4.69) is 4.72 Å². The van der Waals surface area contributed by atoms with Gasteiger partial charge >= 0.3 is 0 Å². The van der Waals surface area contributed by atoms with Crippen molar-refractivity contribution in [3.8, 4) is 0 Å². The van der Waals surface area contributed by atoms with Crippen LogP contribution in [0.4, 0.5) is 0 Å². The smallest absolute Gasteiger partial charge is 0.212 e. The Bertz CT molecular complexity index is 257. The zero-order valence-electron chi connectivity index (χ0n) is 8.94. The third kappa shape index (κ3) is 7.08. The average molecular weight is 260 g/mol. The molecule has 5 nitrogen and oxygen atoms in total. The normalized spacial score (nSPS) is 16.3. The van der Waals surface area contributed by atoms with Gasteiger partial charge in [-0.15, -0.1) is 11.6 Å². The summed E-state index contributed by atoms with van der Waals surface area (Å²) in [5.74, 6) is 0.122. The minimum Gasteiger partial charge on any atom is -0.395 e. The Balaban J connectivity index is 4.22. The molecule has 0 saturated heterocycles. The molecule has 2 atom stereocenters. The summed E-state index contributed by atoms with van der Waals surface area (Å²) in [4.78, 5) is 0. The van der Waals surface area contributed by atoms with Crippen molar-refractivity contribution in [2.75, 3.05) is 32.0 Å². The van der Waals surface area contributed by atoms with E-state index >= 15 is 0 Å². The molecule has 15 heavy (non-hydrogen) atoms. The first-order valence-corrected chi connectivity index (χ1v) is 6.79. The second kappa shape index (κ2) is 7.40. The van der Waals surface area contributed by atoms with Crippen LogP contribution in [0.5, 0.6) is 0 Å². The number of hydrogen-bond donors (Lipinski definition) is 2. The highest BCUT2D eigenvalue weighted by Crippen LogP contribution is 2.02. The fourth-order valence-electron chi connectivity index (χ4n) is 1.05. The van der Waals surface area contributed by atoms with Crippen molar-refractivity contribution >= 4 is 21.6 Å². The molecule has 0 heterocycles. The molecule has 7 heteroatoms. The Labute approximate surface area is 95.8 Å². The topological polar surface area (TPSA) is 75.6 Å². The fraction of sp³-hybridized carbons (Fsp3) is 1.00. The van der Waals surface area contributed by atoms with Crippen molar-refractivity contribution in [2.45, 2.75) is 13.0 Å². The van der Waals surface area contributed by atoms with E-state index in [9.17, 15) is 8.42 Å². The summed E-state index contributed by atoms with van der Waals surface area (Å²) >= 11 is 5.52. The van der Waals surface area contributed by atoms with Crippen molar-refractivity contribution in [3.05, 3.63) is 0 Å². The van der Waals surface area contributed by atoms with Crippen LogP contribution in [0.3, 0.4) is 0 Å². The molecular weight excluding hydrogens is 242 g/mol. The Kier molecular flexibility index (Phi) is 7.46. The summed E-state index contributed by atoms with van der Waals surface area (Å²) in [5, 5.41) is 8.88.